The second-order valence-corrected chi connectivity index (χ2v) is 11.4. The van der Waals surface area contributed by atoms with Gasteiger partial charge in [-0.3, -0.25) is 19.3 Å². The molecule has 3 aromatic rings. The van der Waals surface area contributed by atoms with Gasteiger partial charge in [-0.05, 0) is 42.0 Å². The lowest BCUT2D eigenvalue weighted by Crippen LogP contribution is -2.56. The number of anilines is 3. The molecule has 0 bridgehead atoms. The molecule has 6 N–H and O–H groups in total. The molecule has 1 amide bonds. The summed E-state index contributed by atoms with van der Waals surface area (Å²) >= 11 is 12.7. The lowest BCUT2D eigenvalue weighted by Gasteiger charge is -2.36. The van der Waals surface area contributed by atoms with Crippen LogP contribution in [0.1, 0.15) is 5.56 Å². The van der Waals surface area contributed by atoms with Crippen molar-refractivity contribution >= 4 is 66.9 Å². The summed E-state index contributed by atoms with van der Waals surface area (Å²) in [6, 6.07) is 9.66. The first-order valence-corrected chi connectivity index (χ1v) is 13.1. The van der Waals surface area contributed by atoms with Crippen molar-refractivity contribution in [3.05, 3.63) is 60.4 Å². The van der Waals surface area contributed by atoms with Gasteiger partial charge in [0.2, 0.25) is 22.6 Å². The molecule has 18 heteroatoms. The van der Waals surface area contributed by atoms with E-state index in [1.807, 2.05) is 0 Å². The number of rotatable bonds is 7. The lowest BCUT2D eigenvalue weighted by atomic mass is 9.96. The fraction of sp³-hybridized carbons (Fsp3) is 0.111. The van der Waals surface area contributed by atoms with Crippen LogP contribution in [0, 0.1) is 6.33 Å². The van der Waals surface area contributed by atoms with Crippen molar-refractivity contribution in [2.45, 2.75) is 19.8 Å². The molecule has 2 aromatic carbocycles. The minimum Gasteiger partial charge on any atom is -0.328 e. The van der Waals surface area contributed by atoms with Crippen molar-refractivity contribution in [3.63, 3.8) is 0 Å². The van der Waals surface area contributed by atoms with Gasteiger partial charge in [-0.1, -0.05) is 35.3 Å². The number of hydrazine groups is 1. The van der Waals surface area contributed by atoms with Crippen LogP contribution < -0.4 is 21.5 Å². The molecule has 2 heterocycles. The third-order valence-corrected chi connectivity index (χ3v) is 7.58. The fourth-order valence-electron chi connectivity index (χ4n) is 3.18. The fourth-order valence-corrected chi connectivity index (χ4v) is 4.64. The van der Waals surface area contributed by atoms with Crippen LogP contribution in [0.25, 0.3) is 0 Å². The molecule has 189 valence electrons. The summed E-state index contributed by atoms with van der Waals surface area (Å²) in [5.41, 5.74) is 3.58. The molecule has 14 nitrogen and oxygen atoms in total. The monoisotopic (exact) mass is 574 g/mol. The van der Waals surface area contributed by atoms with Gasteiger partial charge in [0.25, 0.3) is 26.1 Å². The van der Waals surface area contributed by atoms with Crippen molar-refractivity contribution in [1.29, 1.82) is 0 Å². The third-order valence-electron chi connectivity index (χ3n) is 4.94. The Bertz CT molecular complexity index is 1540. The summed E-state index contributed by atoms with van der Waals surface area (Å²) in [6.07, 6.45) is 2.34. The van der Waals surface area contributed by atoms with Crippen LogP contribution in [-0.4, -0.2) is 51.1 Å². The number of nitrogens with one attached hydrogen (secondary N) is 4. The van der Waals surface area contributed by atoms with E-state index in [1.165, 1.54) is 24.3 Å². The molecule has 1 aliphatic rings. The molecule has 36 heavy (non-hydrogen) atoms. The Labute approximate surface area is 213 Å². The number of halogens is 2. The molecule has 1 radical (unpaired) electrons. The zero-order valence-corrected chi connectivity index (χ0v) is 20.6. The summed E-state index contributed by atoms with van der Waals surface area (Å²) in [5, 5.41) is 5.57. The van der Waals surface area contributed by atoms with Crippen LogP contribution in [0.5, 0.6) is 0 Å². The van der Waals surface area contributed by atoms with E-state index in [1.54, 1.807) is 0 Å². The Morgan fingerprint density at radius 1 is 0.861 bits per heavy atom. The van der Waals surface area contributed by atoms with Crippen LogP contribution in [0.3, 0.4) is 0 Å². The quantitative estimate of drug-likeness (QED) is 0.172. The molecule has 0 aliphatic carbocycles. The maximum Gasteiger partial charge on any atom is 0.294 e. The van der Waals surface area contributed by atoms with E-state index in [0.717, 1.165) is 24.3 Å². The van der Waals surface area contributed by atoms with Crippen molar-refractivity contribution in [2.75, 3.05) is 10.6 Å². The van der Waals surface area contributed by atoms with Gasteiger partial charge in [0.05, 0.1) is 9.79 Å². The average Bonchev–Trinajstić information content (AvgIpc) is 3.03. The van der Waals surface area contributed by atoms with Gasteiger partial charge in [-0.25, -0.2) is 5.43 Å². The smallest absolute Gasteiger partial charge is 0.294 e. The highest BCUT2D eigenvalue weighted by Crippen LogP contribution is 2.44. The predicted molar refractivity (Wildman–Crippen MR) is 125 cm³/mol. The van der Waals surface area contributed by atoms with Gasteiger partial charge in [-0.15, -0.1) is 0 Å². The summed E-state index contributed by atoms with van der Waals surface area (Å²) < 4.78 is 61.3. The number of carbonyl (C=O) groups excluding carboxylic acids is 1. The maximum atomic E-state index is 12.4. The number of alkyl halides is 2. The Morgan fingerprint density at radius 2 is 1.39 bits per heavy atom. The van der Waals surface area contributed by atoms with E-state index in [4.69, 9.17) is 27.8 Å². The molecule has 1 saturated heterocycles. The van der Waals surface area contributed by atoms with Crippen LogP contribution in [0.15, 0.2) is 58.3 Å². The Hall–Kier alpha value is -3.12. The van der Waals surface area contributed by atoms with Gasteiger partial charge in [0.1, 0.15) is 0 Å². The van der Waals surface area contributed by atoms with E-state index in [-0.39, 0.29) is 22.4 Å². The van der Waals surface area contributed by atoms with Crippen LogP contribution >= 0.6 is 23.2 Å². The van der Waals surface area contributed by atoms with Gasteiger partial charge in [0, 0.05) is 5.69 Å². The zero-order valence-electron chi connectivity index (χ0n) is 17.5. The summed E-state index contributed by atoms with van der Waals surface area (Å²) in [5.74, 6) is -1.08. The number of hydrogen-bond donors (Lipinski definition) is 6. The molecule has 1 unspecified atom stereocenters. The number of amides is 1. The van der Waals surface area contributed by atoms with Crippen LogP contribution in [0.2, 0.25) is 0 Å². The second kappa shape index (κ2) is 9.07. The van der Waals surface area contributed by atoms with Crippen molar-refractivity contribution in [3.8, 4) is 0 Å². The predicted octanol–water partition coefficient (Wildman–Crippen LogP) is 0.982. The molecular weight excluding hydrogens is 561 g/mol. The Balaban J connectivity index is 1.67. The van der Waals surface area contributed by atoms with Crippen molar-refractivity contribution in [2.24, 2.45) is 0 Å². The molecule has 1 fully saturated rings. The molecule has 0 saturated carbocycles. The van der Waals surface area contributed by atoms with Crippen molar-refractivity contribution < 1.29 is 30.7 Å². The van der Waals surface area contributed by atoms with Gasteiger partial charge >= 0.3 is 0 Å². The average molecular weight is 575 g/mol. The first-order chi connectivity index (χ1) is 16.7. The van der Waals surface area contributed by atoms with E-state index in [9.17, 15) is 26.2 Å². The lowest BCUT2D eigenvalue weighted by molar-refractivity contribution is -0.120. The summed E-state index contributed by atoms with van der Waals surface area (Å²) in [4.78, 5) is 23.5. The highest BCUT2D eigenvalue weighted by molar-refractivity contribution is 7.86. The van der Waals surface area contributed by atoms with Gasteiger partial charge in [0.15, 0.2) is 5.66 Å². The molecular formula is C18H14Cl2N7O7S2. The number of benzene rings is 2. The van der Waals surface area contributed by atoms with Crippen molar-refractivity contribution in [1.82, 2.24) is 25.8 Å². The van der Waals surface area contributed by atoms with Gasteiger partial charge in [-0.2, -0.15) is 31.8 Å². The third kappa shape index (κ3) is 4.92. The Kier molecular flexibility index (Phi) is 6.54. The largest absolute Gasteiger partial charge is 0.328 e. The molecule has 1 atom stereocenters. The number of carbonyl (C=O) groups is 1. The topological polar surface area (TPSA) is 213 Å². The molecule has 1 aliphatic heterocycles. The van der Waals surface area contributed by atoms with E-state index < -0.39 is 41.0 Å². The Morgan fingerprint density at radius 3 is 1.89 bits per heavy atom. The number of hydrogen-bond acceptors (Lipinski definition) is 11. The van der Waals surface area contributed by atoms with Gasteiger partial charge < -0.3 is 10.6 Å². The second-order valence-electron chi connectivity index (χ2n) is 7.24. The molecule has 1 aromatic heterocycles. The minimum atomic E-state index is -4.49. The standard InChI is InChI=1S/C18H14Cl2N7O7S2/c19-17(20)14(28)26-27-18(17,10-1-5-12(6-2-10)35(29,30)31)25-16-22-9-21-15(24-16)23-11-3-7-13(8-4-11)36(32,33)34/h1-8,27H,(H,26,28)(H,29,30,31)(H,32,33,34)(H2,21,22,23,24,25). The SMILES string of the molecule is O=C1NNC(Nc2n[c]nc(Nc3ccc(S(=O)(=O)O)cc3)n2)(c2ccc(S(=O)(=O)O)cc2)C1(Cl)Cl. The highest BCUT2D eigenvalue weighted by atomic mass is 35.5. The molecule has 0 spiro atoms. The van der Waals surface area contributed by atoms with E-state index in [0.29, 0.717) is 5.69 Å². The summed E-state index contributed by atoms with van der Waals surface area (Å²) in [6.45, 7) is 0. The number of aromatic nitrogens is 3. The first-order valence-electron chi connectivity index (χ1n) is 9.51. The van der Waals surface area contributed by atoms with Crippen LogP contribution in [-0.2, 0) is 30.7 Å². The molecule has 4 rings (SSSR count). The summed E-state index contributed by atoms with van der Waals surface area (Å²) in [7, 11) is -8.86. The highest BCUT2D eigenvalue weighted by Gasteiger charge is 2.61. The maximum absolute atomic E-state index is 12.4. The zero-order chi connectivity index (χ0) is 26.4. The minimum absolute atomic E-state index is 0.0593. The number of nitrogens with zero attached hydrogens (tertiary/aromatic N) is 3. The first kappa shape index (κ1) is 26.0. The van der Waals surface area contributed by atoms with Crippen LogP contribution in [0.4, 0.5) is 17.6 Å². The van der Waals surface area contributed by atoms with E-state index in [2.05, 4.69) is 42.8 Å². The van der Waals surface area contributed by atoms with E-state index >= 15 is 0 Å². The normalized spacial score (nSPS) is 19.5.